The zero-order chi connectivity index (χ0) is 14.6. The maximum Gasteiger partial charge on any atom is 0.446 e. The number of hydrogen-bond acceptors (Lipinski definition) is 2. The second kappa shape index (κ2) is 6.74. The molecule has 1 aromatic carbocycles. The SMILES string of the molecule is CC(Nc1ccc(SC(F)(F)F)cc1)C1CCCCC1. The Bertz CT molecular complexity index is 410. The molecule has 112 valence electrons. The van der Waals surface area contributed by atoms with Crippen LogP contribution in [0.25, 0.3) is 0 Å². The fourth-order valence-electron chi connectivity index (χ4n) is 2.77. The minimum atomic E-state index is -4.22. The molecule has 0 bridgehead atoms. The van der Waals surface area contributed by atoms with Gasteiger partial charge in [-0.15, -0.1) is 0 Å². The molecule has 1 aromatic rings. The minimum absolute atomic E-state index is 0.0714. The Morgan fingerprint density at radius 3 is 2.25 bits per heavy atom. The van der Waals surface area contributed by atoms with Gasteiger partial charge in [0.15, 0.2) is 0 Å². The number of hydrogen-bond donors (Lipinski definition) is 1. The first-order valence-corrected chi connectivity index (χ1v) is 7.88. The van der Waals surface area contributed by atoms with Crippen LogP contribution in [0, 0.1) is 5.92 Å². The van der Waals surface area contributed by atoms with Crippen LogP contribution in [0.5, 0.6) is 0 Å². The summed E-state index contributed by atoms with van der Waals surface area (Å²) in [6, 6.07) is 6.87. The van der Waals surface area contributed by atoms with E-state index in [1.807, 2.05) is 0 Å². The van der Waals surface area contributed by atoms with E-state index in [0.717, 1.165) is 5.69 Å². The van der Waals surface area contributed by atoms with E-state index in [4.69, 9.17) is 0 Å². The van der Waals surface area contributed by atoms with E-state index in [1.54, 1.807) is 12.1 Å². The van der Waals surface area contributed by atoms with Crippen LogP contribution in [0.15, 0.2) is 29.2 Å². The van der Waals surface area contributed by atoms with Crippen LogP contribution < -0.4 is 5.32 Å². The van der Waals surface area contributed by atoms with Crippen LogP contribution in [0.1, 0.15) is 39.0 Å². The molecule has 0 heterocycles. The lowest BCUT2D eigenvalue weighted by atomic mass is 9.84. The maximum absolute atomic E-state index is 12.2. The summed E-state index contributed by atoms with van der Waals surface area (Å²) in [7, 11) is 0. The van der Waals surface area contributed by atoms with Crippen molar-refractivity contribution < 1.29 is 13.2 Å². The van der Waals surface area contributed by atoms with Gasteiger partial charge >= 0.3 is 5.51 Å². The normalized spacial score (nSPS) is 18.8. The summed E-state index contributed by atoms with van der Waals surface area (Å²) < 4.78 is 36.7. The Labute approximate surface area is 122 Å². The Kier molecular flexibility index (Phi) is 5.24. The van der Waals surface area contributed by atoms with Gasteiger partial charge in [0.05, 0.1) is 0 Å². The predicted octanol–water partition coefficient (Wildman–Crippen LogP) is 5.68. The van der Waals surface area contributed by atoms with Crippen LogP contribution in [0.3, 0.4) is 0 Å². The van der Waals surface area contributed by atoms with Crippen molar-refractivity contribution in [2.24, 2.45) is 5.92 Å². The lowest BCUT2D eigenvalue weighted by Crippen LogP contribution is -2.27. The standard InChI is InChI=1S/C15H20F3NS/c1-11(12-5-3-2-4-6-12)19-13-7-9-14(10-8-13)20-15(16,17)18/h7-12,19H,2-6H2,1H3. The molecule has 1 atom stereocenters. The van der Waals surface area contributed by atoms with Crippen LogP contribution >= 0.6 is 11.8 Å². The zero-order valence-corrected chi connectivity index (χ0v) is 12.4. The lowest BCUT2D eigenvalue weighted by Gasteiger charge is -2.29. The van der Waals surface area contributed by atoms with Crippen LogP contribution in [-0.4, -0.2) is 11.6 Å². The third-order valence-corrected chi connectivity index (χ3v) is 4.58. The van der Waals surface area contributed by atoms with Crippen molar-refractivity contribution in [2.75, 3.05) is 5.32 Å². The van der Waals surface area contributed by atoms with Gasteiger partial charge in [-0.05, 0) is 61.7 Å². The average Bonchev–Trinajstić information content (AvgIpc) is 2.40. The third kappa shape index (κ3) is 4.93. The molecular weight excluding hydrogens is 283 g/mol. The number of alkyl halides is 3. The summed E-state index contributed by atoms with van der Waals surface area (Å²) in [4.78, 5) is 0.230. The Morgan fingerprint density at radius 1 is 1.10 bits per heavy atom. The minimum Gasteiger partial charge on any atom is -0.382 e. The van der Waals surface area contributed by atoms with Gasteiger partial charge in [-0.2, -0.15) is 13.2 Å². The van der Waals surface area contributed by atoms with Crippen molar-refractivity contribution in [3.05, 3.63) is 24.3 Å². The highest BCUT2D eigenvalue weighted by Gasteiger charge is 2.29. The summed E-state index contributed by atoms with van der Waals surface area (Å²) in [6.07, 6.45) is 6.40. The first-order valence-electron chi connectivity index (χ1n) is 7.06. The van der Waals surface area contributed by atoms with Crippen molar-refractivity contribution in [3.63, 3.8) is 0 Å². The van der Waals surface area contributed by atoms with Crippen LogP contribution in [-0.2, 0) is 0 Å². The summed E-state index contributed by atoms with van der Waals surface area (Å²) in [6.45, 7) is 2.16. The van der Waals surface area contributed by atoms with E-state index < -0.39 is 5.51 Å². The molecule has 0 spiro atoms. The molecule has 0 amide bonds. The molecule has 1 nitrogen and oxygen atoms in total. The molecule has 20 heavy (non-hydrogen) atoms. The Balaban J connectivity index is 1.89. The van der Waals surface area contributed by atoms with E-state index in [-0.39, 0.29) is 16.7 Å². The second-order valence-electron chi connectivity index (χ2n) is 5.40. The van der Waals surface area contributed by atoms with Crippen molar-refractivity contribution >= 4 is 17.4 Å². The highest BCUT2D eigenvalue weighted by atomic mass is 32.2. The van der Waals surface area contributed by atoms with Crippen molar-refractivity contribution in [1.29, 1.82) is 0 Å². The van der Waals surface area contributed by atoms with E-state index in [0.29, 0.717) is 12.0 Å². The van der Waals surface area contributed by atoms with E-state index in [2.05, 4.69) is 12.2 Å². The monoisotopic (exact) mass is 303 g/mol. The fraction of sp³-hybridized carbons (Fsp3) is 0.600. The first kappa shape index (κ1) is 15.5. The number of nitrogens with one attached hydrogen (secondary N) is 1. The lowest BCUT2D eigenvalue weighted by molar-refractivity contribution is -0.0328. The highest BCUT2D eigenvalue weighted by molar-refractivity contribution is 8.00. The molecule has 0 radical (unpaired) electrons. The van der Waals surface area contributed by atoms with Gasteiger partial charge in [-0.1, -0.05) is 19.3 Å². The van der Waals surface area contributed by atoms with Gasteiger partial charge in [-0.25, -0.2) is 0 Å². The van der Waals surface area contributed by atoms with Crippen molar-refractivity contribution in [1.82, 2.24) is 0 Å². The topological polar surface area (TPSA) is 12.0 Å². The average molecular weight is 303 g/mol. The maximum atomic E-state index is 12.2. The number of anilines is 1. The van der Waals surface area contributed by atoms with Gasteiger partial charge in [0, 0.05) is 16.6 Å². The summed E-state index contributed by atoms with van der Waals surface area (Å²) in [5.74, 6) is 0.674. The van der Waals surface area contributed by atoms with Crippen molar-refractivity contribution in [3.8, 4) is 0 Å². The van der Waals surface area contributed by atoms with Gasteiger partial charge < -0.3 is 5.32 Å². The summed E-state index contributed by atoms with van der Waals surface area (Å²) >= 11 is -0.0714. The Morgan fingerprint density at radius 2 is 1.70 bits per heavy atom. The smallest absolute Gasteiger partial charge is 0.382 e. The fourth-order valence-corrected chi connectivity index (χ4v) is 3.31. The van der Waals surface area contributed by atoms with Crippen LogP contribution in [0.2, 0.25) is 0 Å². The Hall–Kier alpha value is -0.840. The summed E-state index contributed by atoms with van der Waals surface area (Å²) in [5.41, 5.74) is -3.32. The van der Waals surface area contributed by atoms with Gasteiger partial charge in [-0.3, -0.25) is 0 Å². The molecule has 0 aromatic heterocycles. The first-order chi connectivity index (χ1) is 9.44. The summed E-state index contributed by atoms with van der Waals surface area (Å²) in [5, 5.41) is 3.41. The molecular formula is C15H20F3NS. The van der Waals surface area contributed by atoms with Crippen LogP contribution in [0.4, 0.5) is 18.9 Å². The van der Waals surface area contributed by atoms with Gasteiger partial charge in [0.25, 0.3) is 0 Å². The largest absolute Gasteiger partial charge is 0.446 e. The third-order valence-electron chi connectivity index (χ3n) is 3.84. The number of benzene rings is 1. The molecule has 1 aliphatic rings. The van der Waals surface area contributed by atoms with Gasteiger partial charge in [0.1, 0.15) is 0 Å². The molecule has 1 saturated carbocycles. The molecule has 1 aliphatic carbocycles. The predicted molar refractivity (Wildman–Crippen MR) is 78.0 cm³/mol. The van der Waals surface area contributed by atoms with E-state index in [9.17, 15) is 13.2 Å². The van der Waals surface area contributed by atoms with E-state index in [1.165, 1.54) is 44.2 Å². The second-order valence-corrected chi connectivity index (χ2v) is 6.54. The molecule has 0 saturated heterocycles. The highest BCUT2D eigenvalue weighted by Crippen LogP contribution is 2.37. The number of halogens is 3. The molecule has 5 heteroatoms. The molecule has 2 rings (SSSR count). The van der Waals surface area contributed by atoms with Gasteiger partial charge in [0.2, 0.25) is 0 Å². The molecule has 0 aliphatic heterocycles. The molecule has 1 unspecified atom stereocenters. The number of rotatable bonds is 4. The molecule has 1 fully saturated rings. The quantitative estimate of drug-likeness (QED) is 0.718. The van der Waals surface area contributed by atoms with E-state index >= 15 is 0 Å². The zero-order valence-electron chi connectivity index (χ0n) is 11.5. The number of thioether (sulfide) groups is 1. The van der Waals surface area contributed by atoms with Crippen molar-refractivity contribution in [2.45, 2.75) is 55.5 Å². The molecule has 1 N–H and O–H groups in total.